The van der Waals surface area contributed by atoms with Gasteiger partial charge in [0.15, 0.2) is 11.2 Å². The van der Waals surface area contributed by atoms with Crippen LogP contribution in [-0.4, -0.2) is 67.9 Å². The number of rotatable bonds is 2. The van der Waals surface area contributed by atoms with Crippen molar-refractivity contribution in [3.63, 3.8) is 0 Å². The second-order valence-electron chi connectivity index (χ2n) is 5.37. The number of amides is 1. The Kier molecular flexibility index (Phi) is 4.72. The molecule has 3 rings (SSSR count). The first kappa shape index (κ1) is 14.7. The summed E-state index contributed by atoms with van der Waals surface area (Å²) in [6.45, 7) is 6.75. The summed E-state index contributed by atoms with van der Waals surface area (Å²) in [6.07, 6.45) is 0.533. The van der Waals surface area contributed by atoms with E-state index in [1.807, 2.05) is 11.8 Å². The molecule has 1 aromatic heterocycles. The fourth-order valence-electron chi connectivity index (χ4n) is 2.65. The molecule has 0 aromatic carbocycles. The Hall–Kier alpha value is -1.18. The third kappa shape index (κ3) is 3.53. The Labute approximate surface area is 128 Å². The number of aryl methyl sites for hydroxylation is 1. The molecule has 0 aliphatic carbocycles. The molecule has 0 radical (unpaired) electrons. The Balaban J connectivity index is 1.58. The molecular weight excluding hydrogens is 290 g/mol. The lowest BCUT2D eigenvalue weighted by Crippen LogP contribution is -2.46. The van der Waals surface area contributed by atoms with Crippen LogP contribution in [0.15, 0.2) is 5.38 Å². The van der Waals surface area contributed by atoms with Crippen molar-refractivity contribution in [1.29, 1.82) is 0 Å². The first-order valence-electron chi connectivity index (χ1n) is 7.39. The quantitative estimate of drug-likeness (QED) is 0.812. The normalized spacial score (nSPS) is 24.0. The fourth-order valence-corrected chi connectivity index (χ4v) is 3.51. The topological polar surface area (TPSA) is 54.9 Å². The summed E-state index contributed by atoms with van der Waals surface area (Å²) in [7, 11) is 0. The van der Waals surface area contributed by atoms with Crippen LogP contribution in [0.4, 0.5) is 5.13 Å². The summed E-state index contributed by atoms with van der Waals surface area (Å²) >= 11 is 1.67. The summed E-state index contributed by atoms with van der Waals surface area (Å²) < 4.78 is 10.8. The SMILES string of the molecule is Cc1csc(N2CCCN(C(=O)[C@H]3COCCO3)CC2)n1. The van der Waals surface area contributed by atoms with Crippen LogP contribution in [0.3, 0.4) is 0 Å². The van der Waals surface area contributed by atoms with Crippen LogP contribution >= 0.6 is 11.3 Å². The molecule has 0 spiro atoms. The van der Waals surface area contributed by atoms with Crippen LogP contribution in [-0.2, 0) is 14.3 Å². The molecule has 2 aliphatic heterocycles. The Bertz CT molecular complexity index is 488. The summed E-state index contributed by atoms with van der Waals surface area (Å²) in [6, 6.07) is 0. The first-order chi connectivity index (χ1) is 10.2. The van der Waals surface area contributed by atoms with E-state index in [1.165, 1.54) is 0 Å². The smallest absolute Gasteiger partial charge is 0.254 e. The van der Waals surface area contributed by atoms with Crippen molar-refractivity contribution < 1.29 is 14.3 Å². The minimum absolute atomic E-state index is 0.0619. The summed E-state index contributed by atoms with van der Waals surface area (Å²) in [5.41, 5.74) is 1.06. The van der Waals surface area contributed by atoms with E-state index in [4.69, 9.17) is 9.47 Å². The minimum Gasteiger partial charge on any atom is -0.376 e. The predicted octanol–water partition coefficient (Wildman–Crippen LogP) is 0.906. The van der Waals surface area contributed by atoms with Crippen LogP contribution in [0, 0.1) is 6.92 Å². The zero-order valence-corrected chi connectivity index (χ0v) is 13.1. The van der Waals surface area contributed by atoms with Gasteiger partial charge in [0.25, 0.3) is 5.91 Å². The van der Waals surface area contributed by atoms with E-state index < -0.39 is 6.10 Å². The molecular formula is C14H21N3O3S. The molecule has 1 aromatic rings. The number of thiazole rings is 1. The van der Waals surface area contributed by atoms with Gasteiger partial charge in [-0.05, 0) is 13.3 Å². The van der Waals surface area contributed by atoms with E-state index in [9.17, 15) is 4.79 Å². The number of carbonyl (C=O) groups is 1. The average Bonchev–Trinajstić information content (AvgIpc) is 2.81. The van der Waals surface area contributed by atoms with Gasteiger partial charge in [-0.25, -0.2) is 4.98 Å². The number of hydrogen-bond donors (Lipinski definition) is 0. The molecule has 0 bridgehead atoms. The molecule has 0 N–H and O–H groups in total. The molecule has 0 saturated carbocycles. The third-order valence-electron chi connectivity index (χ3n) is 3.78. The van der Waals surface area contributed by atoms with Crippen molar-refractivity contribution in [2.75, 3.05) is 50.9 Å². The van der Waals surface area contributed by atoms with Crippen LogP contribution in [0.1, 0.15) is 12.1 Å². The van der Waals surface area contributed by atoms with E-state index >= 15 is 0 Å². The Morgan fingerprint density at radius 3 is 2.95 bits per heavy atom. The summed E-state index contributed by atoms with van der Waals surface area (Å²) in [5, 5.41) is 3.12. The van der Waals surface area contributed by atoms with Crippen LogP contribution in [0.2, 0.25) is 0 Å². The maximum Gasteiger partial charge on any atom is 0.254 e. The molecule has 0 unspecified atom stereocenters. The first-order valence-corrected chi connectivity index (χ1v) is 8.27. The van der Waals surface area contributed by atoms with Gasteiger partial charge in [-0.1, -0.05) is 0 Å². The van der Waals surface area contributed by atoms with Gasteiger partial charge in [-0.2, -0.15) is 0 Å². The zero-order valence-electron chi connectivity index (χ0n) is 12.3. The van der Waals surface area contributed by atoms with Gasteiger partial charge in [0.1, 0.15) is 0 Å². The predicted molar refractivity (Wildman–Crippen MR) is 80.8 cm³/mol. The number of aromatic nitrogens is 1. The second-order valence-corrected chi connectivity index (χ2v) is 6.21. The Morgan fingerprint density at radius 2 is 2.24 bits per heavy atom. The lowest BCUT2D eigenvalue weighted by atomic mass is 10.3. The van der Waals surface area contributed by atoms with E-state index in [2.05, 4.69) is 15.3 Å². The van der Waals surface area contributed by atoms with Crippen LogP contribution < -0.4 is 4.90 Å². The summed E-state index contributed by atoms with van der Waals surface area (Å²) in [4.78, 5) is 21.1. The lowest BCUT2D eigenvalue weighted by molar-refractivity contribution is -0.157. The van der Waals surface area contributed by atoms with E-state index in [0.29, 0.717) is 19.8 Å². The average molecular weight is 311 g/mol. The van der Waals surface area contributed by atoms with Crippen molar-refractivity contribution in [3.8, 4) is 0 Å². The van der Waals surface area contributed by atoms with Crippen molar-refractivity contribution in [3.05, 3.63) is 11.1 Å². The van der Waals surface area contributed by atoms with Gasteiger partial charge in [0, 0.05) is 31.6 Å². The maximum atomic E-state index is 12.4. The maximum absolute atomic E-state index is 12.4. The fraction of sp³-hybridized carbons (Fsp3) is 0.714. The zero-order chi connectivity index (χ0) is 14.7. The molecule has 6 nitrogen and oxygen atoms in total. The molecule has 1 amide bonds. The molecule has 3 heterocycles. The van der Waals surface area contributed by atoms with Gasteiger partial charge in [-0.15, -0.1) is 11.3 Å². The number of carbonyl (C=O) groups excluding carboxylic acids is 1. The number of anilines is 1. The van der Waals surface area contributed by atoms with E-state index in [1.54, 1.807) is 11.3 Å². The van der Waals surface area contributed by atoms with Crippen molar-refractivity contribution in [1.82, 2.24) is 9.88 Å². The highest BCUT2D eigenvalue weighted by Gasteiger charge is 2.29. The van der Waals surface area contributed by atoms with Gasteiger partial charge < -0.3 is 19.3 Å². The standard InChI is InChI=1S/C14H21N3O3S/c1-11-10-21-14(15-11)17-4-2-3-16(5-6-17)13(18)12-9-19-7-8-20-12/h10,12H,2-9H2,1H3/t12-/m1/s1. The van der Waals surface area contributed by atoms with Gasteiger partial charge in [-0.3, -0.25) is 4.79 Å². The van der Waals surface area contributed by atoms with Gasteiger partial charge >= 0.3 is 0 Å². The molecule has 1 atom stereocenters. The lowest BCUT2D eigenvalue weighted by Gasteiger charge is -2.28. The molecule has 2 aliphatic rings. The Morgan fingerprint density at radius 1 is 1.33 bits per heavy atom. The molecule has 2 fully saturated rings. The van der Waals surface area contributed by atoms with Crippen LogP contribution in [0.25, 0.3) is 0 Å². The van der Waals surface area contributed by atoms with Crippen molar-refractivity contribution >= 4 is 22.4 Å². The molecule has 2 saturated heterocycles. The second kappa shape index (κ2) is 6.72. The minimum atomic E-state index is -0.424. The highest BCUT2D eigenvalue weighted by Crippen LogP contribution is 2.21. The molecule has 7 heteroatoms. The highest BCUT2D eigenvalue weighted by atomic mass is 32.1. The third-order valence-corrected chi connectivity index (χ3v) is 4.80. The molecule has 116 valence electrons. The van der Waals surface area contributed by atoms with Crippen LogP contribution in [0.5, 0.6) is 0 Å². The largest absolute Gasteiger partial charge is 0.376 e. The highest BCUT2D eigenvalue weighted by molar-refractivity contribution is 7.13. The monoisotopic (exact) mass is 311 g/mol. The number of hydrogen-bond acceptors (Lipinski definition) is 6. The van der Waals surface area contributed by atoms with Crippen molar-refractivity contribution in [2.45, 2.75) is 19.4 Å². The van der Waals surface area contributed by atoms with Gasteiger partial charge in [0.05, 0.1) is 25.5 Å². The van der Waals surface area contributed by atoms with Crippen molar-refractivity contribution in [2.24, 2.45) is 0 Å². The van der Waals surface area contributed by atoms with Gasteiger partial charge in [0.2, 0.25) is 0 Å². The van der Waals surface area contributed by atoms with E-state index in [0.717, 1.165) is 43.4 Å². The summed E-state index contributed by atoms with van der Waals surface area (Å²) in [5.74, 6) is 0.0619. The number of ether oxygens (including phenoxy) is 2. The van der Waals surface area contributed by atoms with E-state index in [-0.39, 0.29) is 5.91 Å². The molecule has 21 heavy (non-hydrogen) atoms. The number of nitrogens with zero attached hydrogens (tertiary/aromatic N) is 3.